The zero-order valence-corrected chi connectivity index (χ0v) is 18.3. The van der Waals surface area contributed by atoms with Crippen LogP contribution < -0.4 is 5.32 Å². The average molecular weight is 460 g/mol. The highest BCUT2D eigenvalue weighted by atomic mass is 127. The first-order valence-corrected chi connectivity index (χ1v) is 9.32. The molecule has 142 valence electrons. The topological polar surface area (TPSA) is 48.7 Å². The number of rotatable bonds is 6. The molecule has 1 saturated heterocycles. The van der Waals surface area contributed by atoms with Crippen LogP contribution in [0, 0.1) is 0 Å². The van der Waals surface area contributed by atoms with Crippen molar-refractivity contribution in [2.24, 2.45) is 12.0 Å². The summed E-state index contributed by atoms with van der Waals surface area (Å²) in [7, 11) is 4.22. The molecule has 25 heavy (non-hydrogen) atoms. The molecule has 0 radical (unpaired) electrons. The van der Waals surface area contributed by atoms with Crippen LogP contribution in [0.1, 0.15) is 44.6 Å². The molecular weight excluding hydrogens is 427 g/mol. The highest BCUT2D eigenvalue weighted by molar-refractivity contribution is 14.0. The lowest BCUT2D eigenvalue weighted by Crippen LogP contribution is -2.41. The number of aryl methyl sites for hydroxylation is 1. The molecule has 0 spiro atoms. The maximum absolute atomic E-state index is 4.93. The van der Waals surface area contributed by atoms with Crippen molar-refractivity contribution in [2.75, 3.05) is 33.2 Å². The van der Waals surface area contributed by atoms with E-state index in [9.17, 15) is 0 Å². The normalized spacial score (nSPS) is 22.2. The van der Waals surface area contributed by atoms with Crippen molar-refractivity contribution in [1.82, 2.24) is 24.9 Å². The molecule has 0 amide bonds. The highest BCUT2D eigenvalue weighted by Crippen LogP contribution is 2.28. The molecule has 1 aromatic heterocycles. The van der Waals surface area contributed by atoms with Gasteiger partial charge in [-0.2, -0.15) is 5.10 Å². The minimum absolute atomic E-state index is 0. The average Bonchev–Trinajstić information content (AvgIpc) is 3.15. The van der Waals surface area contributed by atoms with E-state index in [1.165, 1.54) is 24.8 Å². The molecule has 2 aliphatic rings. The highest BCUT2D eigenvalue weighted by Gasteiger charge is 2.30. The van der Waals surface area contributed by atoms with Crippen molar-refractivity contribution in [1.29, 1.82) is 0 Å². The summed E-state index contributed by atoms with van der Waals surface area (Å²) in [6, 6.07) is 1.29. The zero-order chi connectivity index (χ0) is 17.1. The molecule has 1 aliphatic heterocycles. The first-order chi connectivity index (χ1) is 11.6. The van der Waals surface area contributed by atoms with Crippen LogP contribution in [0.25, 0.3) is 0 Å². The second kappa shape index (κ2) is 9.21. The van der Waals surface area contributed by atoms with Gasteiger partial charge in [-0.25, -0.2) is 0 Å². The molecule has 1 aromatic rings. The summed E-state index contributed by atoms with van der Waals surface area (Å²) in [5.41, 5.74) is 1.35. The van der Waals surface area contributed by atoms with Crippen LogP contribution in [0.15, 0.2) is 17.4 Å². The van der Waals surface area contributed by atoms with Crippen LogP contribution in [-0.2, 0) is 7.05 Å². The van der Waals surface area contributed by atoms with E-state index in [0.717, 1.165) is 38.2 Å². The minimum atomic E-state index is 0. The maximum Gasteiger partial charge on any atom is 0.193 e. The summed E-state index contributed by atoms with van der Waals surface area (Å²) in [6.45, 7) is 8.31. The number of aliphatic imine (C=N–C) groups is 1. The number of likely N-dealkylation sites (tertiary alicyclic amines) is 1. The van der Waals surface area contributed by atoms with Crippen molar-refractivity contribution in [3.8, 4) is 0 Å². The van der Waals surface area contributed by atoms with E-state index in [1.54, 1.807) is 0 Å². The Kier molecular flexibility index (Phi) is 7.54. The molecule has 2 unspecified atom stereocenters. The van der Waals surface area contributed by atoms with E-state index >= 15 is 0 Å². The van der Waals surface area contributed by atoms with Gasteiger partial charge in [-0.3, -0.25) is 14.6 Å². The van der Waals surface area contributed by atoms with E-state index in [2.05, 4.69) is 47.3 Å². The van der Waals surface area contributed by atoms with E-state index in [-0.39, 0.29) is 24.0 Å². The first-order valence-electron chi connectivity index (χ1n) is 9.32. The standard InChI is InChI=1S/C18H32N6.HI/c1-5-19-18(20-10-14(2)23(4)17-6-7-17)24-9-8-15(13-24)16-11-21-22(3)12-16;/h11-12,14-15,17H,5-10,13H2,1-4H3,(H,19,20);1H. The molecule has 2 fully saturated rings. The van der Waals surface area contributed by atoms with Gasteiger partial charge >= 0.3 is 0 Å². The van der Waals surface area contributed by atoms with Crippen molar-refractivity contribution in [3.05, 3.63) is 18.0 Å². The second-order valence-corrected chi connectivity index (χ2v) is 7.32. The number of nitrogens with one attached hydrogen (secondary N) is 1. The van der Waals surface area contributed by atoms with Crippen LogP contribution in [0.5, 0.6) is 0 Å². The minimum Gasteiger partial charge on any atom is -0.357 e. The molecule has 1 aliphatic carbocycles. The Morgan fingerprint density at radius 3 is 2.80 bits per heavy atom. The molecular formula is C18H33IN6. The van der Waals surface area contributed by atoms with Gasteiger partial charge in [0.15, 0.2) is 5.96 Å². The Hall–Kier alpha value is -0.830. The third kappa shape index (κ3) is 5.32. The Balaban J connectivity index is 0.00000225. The van der Waals surface area contributed by atoms with Gasteiger partial charge in [0.05, 0.1) is 12.7 Å². The van der Waals surface area contributed by atoms with Crippen LogP contribution >= 0.6 is 24.0 Å². The summed E-state index contributed by atoms with van der Waals surface area (Å²) in [5, 5.41) is 7.79. The van der Waals surface area contributed by atoms with Crippen molar-refractivity contribution in [3.63, 3.8) is 0 Å². The Bertz CT molecular complexity index is 568. The Labute approximate surface area is 169 Å². The smallest absolute Gasteiger partial charge is 0.193 e. The summed E-state index contributed by atoms with van der Waals surface area (Å²) in [4.78, 5) is 9.82. The molecule has 7 heteroatoms. The molecule has 2 atom stereocenters. The van der Waals surface area contributed by atoms with Crippen molar-refractivity contribution in [2.45, 2.75) is 51.1 Å². The Morgan fingerprint density at radius 2 is 2.20 bits per heavy atom. The van der Waals surface area contributed by atoms with E-state index in [4.69, 9.17) is 4.99 Å². The monoisotopic (exact) mass is 460 g/mol. The van der Waals surface area contributed by atoms with Crippen LogP contribution in [0.2, 0.25) is 0 Å². The van der Waals surface area contributed by atoms with E-state index < -0.39 is 0 Å². The molecule has 0 aromatic carbocycles. The SMILES string of the molecule is CCNC(=NCC(C)N(C)C1CC1)N1CCC(c2cnn(C)c2)C1.I. The van der Waals surface area contributed by atoms with Gasteiger partial charge in [-0.15, -0.1) is 24.0 Å². The largest absolute Gasteiger partial charge is 0.357 e. The molecule has 3 rings (SSSR count). The van der Waals surface area contributed by atoms with Gasteiger partial charge in [0.25, 0.3) is 0 Å². The van der Waals surface area contributed by atoms with E-state index in [1.807, 2.05) is 17.9 Å². The fourth-order valence-electron chi connectivity index (χ4n) is 3.49. The van der Waals surface area contributed by atoms with E-state index in [0.29, 0.717) is 12.0 Å². The number of likely N-dealkylation sites (N-methyl/N-ethyl adjacent to an activating group) is 1. The lowest BCUT2D eigenvalue weighted by Gasteiger charge is -2.25. The first kappa shape index (κ1) is 20.5. The lowest BCUT2D eigenvalue weighted by molar-refractivity contribution is 0.252. The van der Waals surface area contributed by atoms with Crippen LogP contribution in [-0.4, -0.2) is 70.9 Å². The van der Waals surface area contributed by atoms with Crippen LogP contribution in [0.4, 0.5) is 0 Å². The summed E-state index contributed by atoms with van der Waals surface area (Å²) in [6.07, 6.45) is 8.02. The molecule has 0 bridgehead atoms. The maximum atomic E-state index is 4.93. The third-order valence-electron chi connectivity index (χ3n) is 5.34. The second-order valence-electron chi connectivity index (χ2n) is 7.32. The fraction of sp³-hybridized carbons (Fsp3) is 0.778. The fourth-order valence-corrected chi connectivity index (χ4v) is 3.49. The predicted molar refractivity (Wildman–Crippen MR) is 114 cm³/mol. The summed E-state index contributed by atoms with van der Waals surface area (Å²) in [5.74, 6) is 1.63. The van der Waals surface area contributed by atoms with Gasteiger partial charge in [-0.05, 0) is 45.7 Å². The lowest BCUT2D eigenvalue weighted by atomic mass is 10.0. The van der Waals surface area contributed by atoms with Gasteiger partial charge in [-0.1, -0.05) is 0 Å². The number of guanidine groups is 1. The van der Waals surface area contributed by atoms with Gasteiger partial charge < -0.3 is 10.2 Å². The van der Waals surface area contributed by atoms with Gasteiger partial charge in [0.2, 0.25) is 0 Å². The van der Waals surface area contributed by atoms with Gasteiger partial charge in [0.1, 0.15) is 0 Å². The number of aromatic nitrogens is 2. The summed E-state index contributed by atoms with van der Waals surface area (Å²) < 4.78 is 1.90. The summed E-state index contributed by atoms with van der Waals surface area (Å²) >= 11 is 0. The van der Waals surface area contributed by atoms with Crippen molar-refractivity contribution >= 4 is 29.9 Å². The molecule has 1 saturated carbocycles. The quantitative estimate of drug-likeness (QED) is 0.402. The van der Waals surface area contributed by atoms with Crippen molar-refractivity contribution < 1.29 is 0 Å². The third-order valence-corrected chi connectivity index (χ3v) is 5.34. The number of halogens is 1. The number of hydrogen-bond donors (Lipinski definition) is 1. The Morgan fingerprint density at radius 1 is 1.44 bits per heavy atom. The molecule has 1 N–H and O–H groups in total. The zero-order valence-electron chi connectivity index (χ0n) is 16.0. The molecule has 6 nitrogen and oxygen atoms in total. The number of nitrogens with zero attached hydrogens (tertiary/aromatic N) is 5. The van der Waals surface area contributed by atoms with Crippen LogP contribution in [0.3, 0.4) is 0 Å². The van der Waals surface area contributed by atoms with Gasteiger partial charge in [0, 0.05) is 50.9 Å². The molecule has 2 heterocycles. The number of hydrogen-bond acceptors (Lipinski definition) is 3. The predicted octanol–water partition coefficient (Wildman–Crippen LogP) is 2.28.